The van der Waals surface area contributed by atoms with Crippen LogP contribution in [0.4, 0.5) is 29.3 Å². The van der Waals surface area contributed by atoms with Gasteiger partial charge in [-0.1, -0.05) is 18.2 Å². The van der Waals surface area contributed by atoms with Gasteiger partial charge in [-0.2, -0.15) is 18.3 Å². The SMILES string of the molecule is COc1cccc(NC(=O)Nc2c(-c3ccc(C(F)(F)F)cc3)n[nH]c2C2CC2)c1. The van der Waals surface area contributed by atoms with Crippen molar-refractivity contribution in [3.63, 3.8) is 0 Å². The minimum absolute atomic E-state index is 0.243. The van der Waals surface area contributed by atoms with Crippen LogP contribution in [0.5, 0.6) is 5.75 Å². The highest BCUT2D eigenvalue weighted by atomic mass is 19.4. The summed E-state index contributed by atoms with van der Waals surface area (Å²) in [6.45, 7) is 0. The zero-order valence-electron chi connectivity index (χ0n) is 16.0. The average Bonchev–Trinajstić information content (AvgIpc) is 3.48. The van der Waals surface area contributed by atoms with E-state index >= 15 is 0 Å². The van der Waals surface area contributed by atoms with Crippen molar-refractivity contribution < 1.29 is 22.7 Å². The molecule has 1 aliphatic rings. The molecule has 1 saturated carbocycles. The third kappa shape index (κ3) is 4.24. The van der Waals surface area contributed by atoms with Gasteiger partial charge in [0.1, 0.15) is 11.4 Å². The highest BCUT2D eigenvalue weighted by Crippen LogP contribution is 2.45. The molecule has 1 aromatic heterocycles. The second-order valence-electron chi connectivity index (χ2n) is 7.02. The first kappa shape index (κ1) is 19.8. The molecular formula is C21H19F3N4O2. The number of carbonyl (C=O) groups is 1. The number of halogens is 3. The summed E-state index contributed by atoms with van der Waals surface area (Å²) in [5.74, 6) is 0.841. The molecule has 30 heavy (non-hydrogen) atoms. The smallest absolute Gasteiger partial charge is 0.416 e. The molecule has 2 amide bonds. The Hall–Kier alpha value is -3.49. The number of aromatic nitrogens is 2. The maximum atomic E-state index is 12.9. The van der Waals surface area contributed by atoms with E-state index in [0.29, 0.717) is 28.4 Å². The molecule has 1 fully saturated rings. The number of benzene rings is 2. The van der Waals surface area contributed by atoms with Gasteiger partial charge >= 0.3 is 12.2 Å². The van der Waals surface area contributed by atoms with Crippen LogP contribution >= 0.6 is 0 Å². The van der Waals surface area contributed by atoms with E-state index in [1.54, 1.807) is 24.3 Å². The molecule has 1 aliphatic carbocycles. The first-order chi connectivity index (χ1) is 14.3. The van der Waals surface area contributed by atoms with Gasteiger partial charge < -0.3 is 15.4 Å². The number of ether oxygens (including phenoxy) is 1. The van der Waals surface area contributed by atoms with E-state index in [1.165, 1.54) is 19.2 Å². The van der Waals surface area contributed by atoms with Crippen LogP contribution in [-0.4, -0.2) is 23.3 Å². The molecule has 0 unspecified atom stereocenters. The van der Waals surface area contributed by atoms with Gasteiger partial charge in [-0.25, -0.2) is 4.79 Å². The van der Waals surface area contributed by atoms with Crippen molar-refractivity contribution >= 4 is 17.4 Å². The third-order valence-electron chi connectivity index (χ3n) is 4.83. The Labute approximate surface area is 170 Å². The van der Waals surface area contributed by atoms with E-state index < -0.39 is 17.8 Å². The van der Waals surface area contributed by atoms with Crippen LogP contribution in [0.25, 0.3) is 11.3 Å². The monoisotopic (exact) mass is 416 g/mol. The lowest BCUT2D eigenvalue weighted by Gasteiger charge is -2.11. The quantitative estimate of drug-likeness (QED) is 0.505. The van der Waals surface area contributed by atoms with Gasteiger partial charge in [0.2, 0.25) is 0 Å². The predicted molar refractivity (Wildman–Crippen MR) is 107 cm³/mol. The fourth-order valence-corrected chi connectivity index (χ4v) is 3.15. The van der Waals surface area contributed by atoms with Crippen molar-refractivity contribution in [1.29, 1.82) is 0 Å². The summed E-state index contributed by atoms with van der Waals surface area (Å²) in [6.07, 6.45) is -2.50. The van der Waals surface area contributed by atoms with Crippen LogP contribution in [0.15, 0.2) is 48.5 Å². The standard InChI is InChI=1S/C21H19F3N4O2/c1-30-16-4-2-3-15(11-16)25-20(29)26-19-17(12-5-6-12)27-28-18(19)13-7-9-14(10-8-13)21(22,23)24/h2-4,7-12H,5-6H2,1H3,(H,27,28)(H2,25,26,29). The summed E-state index contributed by atoms with van der Waals surface area (Å²) in [5, 5.41) is 12.7. The van der Waals surface area contributed by atoms with Crippen LogP contribution < -0.4 is 15.4 Å². The number of carbonyl (C=O) groups excluding carboxylic acids is 1. The molecule has 0 aliphatic heterocycles. The number of H-pyrrole nitrogens is 1. The molecular weight excluding hydrogens is 397 g/mol. The molecule has 2 aromatic carbocycles. The number of nitrogens with zero attached hydrogens (tertiary/aromatic N) is 1. The molecule has 0 atom stereocenters. The topological polar surface area (TPSA) is 79.0 Å². The molecule has 1 heterocycles. The normalized spacial score (nSPS) is 13.7. The van der Waals surface area contributed by atoms with Crippen LogP contribution in [0.1, 0.15) is 30.0 Å². The van der Waals surface area contributed by atoms with Gasteiger partial charge in [0.25, 0.3) is 0 Å². The number of hydrogen-bond acceptors (Lipinski definition) is 3. The molecule has 3 aromatic rings. The molecule has 4 rings (SSSR count). The number of rotatable bonds is 5. The maximum absolute atomic E-state index is 12.9. The second kappa shape index (κ2) is 7.74. The van der Waals surface area contributed by atoms with Gasteiger partial charge in [-0.15, -0.1) is 0 Å². The van der Waals surface area contributed by atoms with E-state index in [1.807, 2.05) is 0 Å². The lowest BCUT2D eigenvalue weighted by molar-refractivity contribution is -0.137. The lowest BCUT2D eigenvalue weighted by Crippen LogP contribution is -2.20. The molecule has 0 bridgehead atoms. The Morgan fingerprint density at radius 3 is 2.50 bits per heavy atom. The fraction of sp³-hybridized carbons (Fsp3) is 0.238. The van der Waals surface area contributed by atoms with Crippen molar-refractivity contribution in [1.82, 2.24) is 10.2 Å². The van der Waals surface area contributed by atoms with Gasteiger partial charge in [0, 0.05) is 23.2 Å². The van der Waals surface area contributed by atoms with E-state index in [9.17, 15) is 18.0 Å². The summed E-state index contributed by atoms with van der Waals surface area (Å²) >= 11 is 0. The minimum atomic E-state index is -4.42. The molecule has 6 nitrogen and oxygen atoms in total. The zero-order valence-corrected chi connectivity index (χ0v) is 16.0. The number of amides is 2. The molecule has 156 valence electrons. The van der Waals surface area contributed by atoms with Crippen molar-refractivity contribution in [2.24, 2.45) is 0 Å². The number of alkyl halides is 3. The van der Waals surface area contributed by atoms with E-state index in [2.05, 4.69) is 20.8 Å². The zero-order chi connectivity index (χ0) is 21.3. The Balaban J connectivity index is 1.59. The van der Waals surface area contributed by atoms with Crippen molar-refractivity contribution in [3.8, 4) is 17.0 Å². The average molecular weight is 416 g/mol. The van der Waals surface area contributed by atoms with Gasteiger partial charge in [0.05, 0.1) is 24.1 Å². The predicted octanol–water partition coefficient (Wildman–Crippen LogP) is 5.63. The number of hydrogen-bond donors (Lipinski definition) is 3. The van der Waals surface area contributed by atoms with Crippen molar-refractivity contribution in [2.45, 2.75) is 24.9 Å². The van der Waals surface area contributed by atoms with E-state index in [-0.39, 0.29) is 5.92 Å². The summed E-state index contributed by atoms with van der Waals surface area (Å²) in [5.41, 5.74) is 1.91. The Kier molecular flexibility index (Phi) is 5.11. The first-order valence-corrected chi connectivity index (χ1v) is 9.33. The minimum Gasteiger partial charge on any atom is -0.497 e. The summed E-state index contributed by atoms with van der Waals surface area (Å²) in [6, 6.07) is 11.1. The number of aromatic amines is 1. The fourth-order valence-electron chi connectivity index (χ4n) is 3.15. The van der Waals surface area contributed by atoms with Crippen LogP contribution in [0.3, 0.4) is 0 Å². The highest BCUT2D eigenvalue weighted by Gasteiger charge is 2.32. The van der Waals surface area contributed by atoms with Crippen molar-refractivity contribution in [2.75, 3.05) is 17.7 Å². The van der Waals surface area contributed by atoms with Gasteiger partial charge in [-0.3, -0.25) is 5.10 Å². The van der Waals surface area contributed by atoms with Crippen molar-refractivity contribution in [3.05, 3.63) is 59.8 Å². The van der Waals surface area contributed by atoms with Gasteiger partial charge in [0.15, 0.2) is 0 Å². The Morgan fingerprint density at radius 2 is 1.87 bits per heavy atom. The number of urea groups is 1. The summed E-state index contributed by atoms with van der Waals surface area (Å²) in [4.78, 5) is 12.6. The highest BCUT2D eigenvalue weighted by molar-refractivity contribution is 6.02. The maximum Gasteiger partial charge on any atom is 0.416 e. The number of methoxy groups -OCH3 is 1. The summed E-state index contributed by atoms with van der Waals surface area (Å²) < 4.78 is 43.7. The molecule has 0 radical (unpaired) electrons. The van der Waals surface area contributed by atoms with Crippen LogP contribution in [0, 0.1) is 0 Å². The first-order valence-electron chi connectivity index (χ1n) is 9.33. The molecule has 0 spiro atoms. The van der Waals surface area contributed by atoms with Crippen LogP contribution in [0.2, 0.25) is 0 Å². The van der Waals surface area contributed by atoms with Crippen LogP contribution in [-0.2, 0) is 6.18 Å². The van der Waals surface area contributed by atoms with E-state index in [0.717, 1.165) is 30.7 Å². The second-order valence-corrected chi connectivity index (χ2v) is 7.02. The molecule has 0 saturated heterocycles. The Bertz CT molecular complexity index is 1060. The number of nitrogens with one attached hydrogen (secondary N) is 3. The van der Waals surface area contributed by atoms with Gasteiger partial charge in [-0.05, 0) is 37.1 Å². The molecule has 3 N–H and O–H groups in total. The Morgan fingerprint density at radius 1 is 1.13 bits per heavy atom. The summed E-state index contributed by atoms with van der Waals surface area (Å²) in [7, 11) is 1.53. The lowest BCUT2D eigenvalue weighted by atomic mass is 10.1. The molecule has 9 heteroatoms. The number of anilines is 2. The third-order valence-corrected chi connectivity index (χ3v) is 4.83. The largest absolute Gasteiger partial charge is 0.497 e. The van der Waals surface area contributed by atoms with E-state index in [4.69, 9.17) is 4.74 Å².